The number of aromatic nitrogens is 2. The predicted molar refractivity (Wildman–Crippen MR) is 68.6 cm³/mol. The van der Waals surface area contributed by atoms with E-state index in [1.54, 1.807) is 4.68 Å². The fourth-order valence-electron chi connectivity index (χ4n) is 1.61. The molecule has 2 rings (SSSR count). The summed E-state index contributed by atoms with van der Waals surface area (Å²) in [6, 6.07) is 5.67. The molecule has 0 bridgehead atoms. The van der Waals surface area contributed by atoms with Gasteiger partial charge >= 0.3 is 0 Å². The van der Waals surface area contributed by atoms with E-state index in [0.717, 1.165) is 17.7 Å². The second kappa shape index (κ2) is 5.23. The second-order valence-electron chi connectivity index (χ2n) is 4.03. The van der Waals surface area contributed by atoms with Crippen molar-refractivity contribution >= 4 is 11.6 Å². The Hall–Kier alpha value is -1.48. The number of hydrogen-bond acceptors (Lipinski definition) is 2. The van der Waals surface area contributed by atoms with Crippen molar-refractivity contribution in [3.05, 3.63) is 46.7 Å². The van der Waals surface area contributed by atoms with E-state index in [0.29, 0.717) is 11.6 Å². The van der Waals surface area contributed by atoms with Gasteiger partial charge in [0.25, 0.3) is 0 Å². The minimum absolute atomic E-state index is 0.632. The molecular weight excluding hydrogens is 236 g/mol. The van der Waals surface area contributed by atoms with E-state index in [4.69, 9.17) is 16.3 Å². The lowest BCUT2D eigenvalue weighted by molar-refractivity contribution is 0.320. The molecular formula is C13H15ClN2O. The van der Waals surface area contributed by atoms with Crippen LogP contribution in [0.2, 0.25) is 5.02 Å². The molecule has 0 unspecified atom stereocenters. The summed E-state index contributed by atoms with van der Waals surface area (Å²) in [6.07, 6.45) is 4.70. The van der Waals surface area contributed by atoms with Crippen molar-refractivity contribution in [1.29, 1.82) is 0 Å². The number of halogens is 1. The van der Waals surface area contributed by atoms with Gasteiger partial charge in [0, 0.05) is 24.7 Å². The molecule has 0 radical (unpaired) electrons. The lowest BCUT2D eigenvalue weighted by atomic mass is 10.2. The molecule has 0 N–H and O–H groups in total. The molecule has 0 atom stereocenters. The van der Waals surface area contributed by atoms with Gasteiger partial charge in [-0.3, -0.25) is 4.68 Å². The van der Waals surface area contributed by atoms with Crippen molar-refractivity contribution < 1.29 is 4.74 Å². The Kier molecular flexibility index (Phi) is 3.69. The van der Waals surface area contributed by atoms with E-state index in [-0.39, 0.29) is 0 Å². The van der Waals surface area contributed by atoms with E-state index in [1.807, 2.05) is 44.6 Å². The normalized spacial score (nSPS) is 10.5. The number of benzene rings is 1. The van der Waals surface area contributed by atoms with E-state index in [9.17, 15) is 0 Å². The fraction of sp³-hybridized carbons (Fsp3) is 0.308. The molecule has 0 fully saturated rings. The monoisotopic (exact) mass is 250 g/mol. The highest BCUT2D eigenvalue weighted by Crippen LogP contribution is 2.22. The maximum atomic E-state index is 5.92. The molecule has 1 aromatic carbocycles. The minimum atomic E-state index is 0.632. The van der Waals surface area contributed by atoms with Crippen molar-refractivity contribution in [3.8, 4) is 5.75 Å². The van der Waals surface area contributed by atoms with Crippen molar-refractivity contribution in [2.45, 2.75) is 13.3 Å². The van der Waals surface area contributed by atoms with Gasteiger partial charge in [0.2, 0.25) is 0 Å². The molecule has 0 saturated carbocycles. The third-order valence-electron chi connectivity index (χ3n) is 2.56. The van der Waals surface area contributed by atoms with Crippen LogP contribution in [0.1, 0.15) is 11.1 Å². The molecule has 0 aliphatic carbocycles. The molecule has 3 nitrogen and oxygen atoms in total. The standard InChI is InChI=1S/C13H15ClN2O/c1-10-3-4-12(14)7-13(10)17-6-5-11-8-15-16(2)9-11/h3-4,7-9H,5-6H2,1-2H3. The third-order valence-corrected chi connectivity index (χ3v) is 2.79. The molecule has 0 aliphatic rings. The van der Waals surface area contributed by atoms with Gasteiger partial charge in [-0.05, 0) is 30.2 Å². The third kappa shape index (κ3) is 3.24. The van der Waals surface area contributed by atoms with Crippen LogP contribution in [0.25, 0.3) is 0 Å². The average molecular weight is 251 g/mol. The number of hydrogen-bond donors (Lipinski definition) is 0. The van der Waals surface area contributed by atoms with Gasteiger partial charge in [-0.1, -0.05) is 17.7 Å². The average Bonchev–Trinajstić information content (AvgIpc) is 2.69. The van der Waals surface area contributed by atoms with Gasteiger partial charge in [-0.15, -0.1) is 0 Å². The van der Waals surface area contributed by atoms with Crippen LogP contribution in [0.3, 0.4) is 0 Å². The van der Waals surface area contributed by atoms with E-state index in [1.165, 1.54) is 5.56 Å². The molecule has 90 valence electrons. The topological polar surface area (TPSA) is 27.1 Å². The van der Waals surface area contributed by atoms with Gasteiger partial charge in [0.05, 0.1) is 12.8 Å². The molecule has 4 heteroatoms. The van der Waals surface area contributed by atoms with Crippen LogP contribution in [-0.4, -0.2) is 16.4 Å². The molecule has 1 aromatic heterocycles. The quantitative estimate of drug-likeness (QED) is 0.834. The first-order valence-electron chi connectivity index (χ1n) is 5.51. The smallest absolute Gasteiger partial charge is 0.123 e. The Bertz CT molecular complexity index is 508. The summed E-state index contributed by atoms with van der Waals surface area (Å²) < 4.78 is 7.50. The summed E-state index contributed by atoms with van der Waals surface area (Å²) in [4.78, 5) is 0. The Morgan fingerprint density at radius 2 is 2.24 bits per heavy atom. The summed E-state index contributed by atoms with van der Waals surface area (Å²) in [6.45, 7) is 2.64. The highest BCUT2D eigenvalue weighted by molar-refractivity contribution is 6.30. The first-order valence-corrected chi connectivity index (χ1v) is 5.89. The second-order valence-corrected chi connectivity index (χ2v) is 4.47. The first kappa shape index (κ1) is 12.0. The van der Waals surface area contributed by atoms with Crippen LogP contribution in [0.15, 0.2) is 30.6 Å². The van der Waals surface area contributed by atoms with Gasteiger partial charge in [0.15, 0.2) is 0 Å². The van der Waals surface area contributed by atoms with Crippen LogP contribution in [0.4, 0.5) is 0 Å². The van der Waals surface area contributed by atoms with Crippen molar-refractivity contribution in [2.75, 3.05) is 6.61 Å². The largest absolute Gasteiger partial charge is 0.493 e. The van der Waals surface area contributed by atoms with Crippen LogP contribution in [-0.2, 0) is 13.5 Å². The maximum Gasteiger partial charge on any atom is 0.123 e. The Balaban J connectivity index is 1.91. The molecule has 0 aliphatic heterocycles. The van der Waals surface area contributed by atoms with Crippen molar-refractivity contribution in [1.82, 2.24) is 9.78 Å². The molecule has 0 amide bonds. The zero-order chi connectivity index (χ0) is 12.3. The van der Waals surface area contributed by atoms with Crippen LogP contribution in [0, 0.1) is 6.92 Å². The Morgan fingerprint density at radius 1 is 1.41 bits per heavy atom. The van der Waals surface area contributed by atoms with Crippen molar-refractivity contribution in [2.24, 2.45) is 7.05 Å². The van der Waals surface area contributed by atoms with E-state index in [2.05, 4.69) is 5.10 Å². The molecule has 0 spiro atoms. The minimum Gasteiger partial charge on any atom is -0.493 e. The Labute approximate surface area is 106 Å². The first-order chi connectivity index (χ1) is 8.15. The van der Waals surface area contributed by atoms with E-state index >= 15 is 0 Å². The lowest BCUT2D eigenvalue weighted by Crippen LogP contribution is -2.01. The summed E-state index contributed by atoms with van der Waals surface area (Å²) in [5.41, 5.74) is 2.27. The van der Waals surface area contributed by atoms with Crippen molar-refractivity contribution in [3.63, 3.8) is 0 Å². The molecule has 17 heavy (non-hydrogen) atoms. The number of rotatable bonds is 4. The number of ether oxygens (including phenoxy) is 1. The lowest BCUT2D eigenvalue weighted by Gasteiger charge is -2.08. The number of nitrogens with zero attached hydrogens (tertiary/aromatic N) is 2. The van der Waals surface area contributed by atoms with Gasteiger partial charge in [-0.25, -0.2) is 0 Å². The zero-order valence-electron chi connectivity index (χ0n) is 9.98. The zero-order valence-corrected chi connectivity index (χ0v) is 10.7. The molecule has 2 aromatic rings. The van der Waals surface area contributed by atoms with Crippen LogP contribution in [0.5, 0.6) is 5.75 Å². The fourth-order valence-corrected chi connectivity index (χ4v) is 1.77. The van der Waals surface area contributed by atoms with E-state index < -0.39 is 0 Å². The highest BCUT2D eigenvalue weighted by atomic mass is 35.5. The van der Waals surface area contributed by atoms with Crippen LogP contribution < -0.4 is 4.74 Å². The summed E-state index contributed by atoms with van der Waals surface area (Å²) in [7, 11) is 1.91. The maximum absolute atomic E-state index is 5.92. The van der Waals surface area contributed by atoms with Crippen LogP contribution >= 0.6 is 11.6 Å². The summed E-state index contributed by atoms with van der Waals surface area (Å²) in [5.74, 6) is 0.849. The Morgan fingerprint density at radius 3 is 2.94 bits per heavy atom. The molecule has 0 saturated heterocycles. The van der Waals surface area contributed by atoms with Gasteiger partial charge < -0.3 is 4.74 Å². The predicted octanol–water partition coefficient (Wildman–Crippen LogP) is 3.00. The molecule has 1 heterocycles. The van der Waals surface area contributed by atoms with Gasteiger partial charge in [-0.2, -0.15) is 5.10 Å². The summed E-state index contributed by atoms with van der Waals surface area (Å²) in [5, 5.41) is 4.81. The van der Waals surface area contributed by atoms with Gasteiger partial charge in [0.1, 0.15) is 5.75 Å². The number of aryl methyl sites for hydroxylation is 2. The highest BCUT2D eigenvalue weighted by Gasteiger charge is 2.01. The SMILES string of the molecule is Cc1ccc(Cl)cc1OCCc1cnn(C)c1. The summed E-state index contributed by atoms with van der Waals surface area (Å²) >= 11 is 5.92.